The number of rotatable bonds is 6. The van der Waals surface area contributed by atoms with Crippen LogP contribution in [0.4, 0.5) is 34.1 Å². The molecule has 0 N–H and O–H groups in total. The van der Waals surface area contributed by atoms with Crippen LogP contribution in [0.25, 0.3) is 0 Å². The van der Waals surface area contributed by atoms with Crippen molar-refractivity contribution < 1.29 is 13.7 Å². The zero-order valence-corrected chi connectivity index (χ0v) is 36.7. The highest BCUT2D eigenvalue weighted by Crippen LogP contribution is 2.46. The van der Waals surface area contributed by atoms with Crippen LogP contribution in [0.2, 0.25) is 0 Å². The molecule has 300 valence electrons. The van der Waals surface area contributed by atoms with E-state index in [9.17, 15) is 5.48 Å². The maximum Gasteiger partial charge on any atom is 0.252 e. The van der Waals surface area contributed by atoms with Gasteiger partial charge >= 0.3 is 0 Å². The zero-order valence-electron chi connectivity index (χ0n) is 46.7. The highest BCUT2D eigenvalue weighted by Gasteiger charge is 2.44. The lowest BCUT2D eigenvalue weighted by molar-refractivity contribution is 0.590. The van der Waals surface area contributed by atoms with E-state index in [1.54, 1.807) is 24.3 Å². The first-order valence-electron chi connectivity index (χ1n) is 26.0. The molecule has 3 heteroatoms. The molecule has 0 spiro atoms. The first kappa shape index (κ1) is 29.4. The summed E-state index contributed by atoms with van der Waals surface area (Å²) >= 11 is 0. The molecular weight excluding hydrogens is 723 g/mol. The van der Waals surface area contributed by atoms with Gasteiger partial charge in [-0.1, -0.05) is 178 Å². The molecule has 2 heterocycles. The molecule has 0 radical (unpaired) electrons. The molecule has 0 atom stereocenters. The van der Waals surface area contributed by atoms with Crippen molar-refractivity contribution in [1.29, 1.82) is 0 Å². The first-order chi connectivity index (χ1) is 32.5. The van der Waals surface area contributed by atoms with Crippen molar-refractivity contribution in [2.24, 2.45) is 0 Å². The summed E-state index contributed by atoms with van der Waals surface area (Å²) in [5.41, 5.74) is 10.3. The Morgan fingerprint density at radius 1 is 0.400 bits per heavy atom. The SMILES string of the molecule is [2H]c1cc(C(C)(C)c2cc([2H])c3c(c2)B2c4cc(C(C)(C)C)ccc4N(c4ccc(C(C)(C)C)cc4)c4cc(C)cc(c42)N3c2c([2H])cc(C(C)(C)c3cc([2H])c([2H])c([2H])c3)c([2H])c2[2H])cc([2H])c1[2H]. The van der Waals surface area contributed by atoms with Crippen LogP contribution in [0.3, 0.4) is 0 Å². The normalized spacial score (nSPS) is 16.1. The monoisotopic (exact) mass is 793 g/mol. The first-order valence-corrected chi connectivity index (χ1v) is 21.0. The number of nitrogens with zero attached hydrogens (tertiary/aromatic N) is 2. The number of fused-ring (bicyclic) bond motifs is 4. The van der Waals surface area contributed by atoms with E-state index in [1.807, 2.05) is 39.5 Å². The molecule has 0 bridgehead atoms. The van der Waals surface area contributed by atoms with Gasteiger partial charge in [-0.15, -0.1) is 0 Å². The van der Waals surface area contributed by atoms with E-state index in [2.05, 4.69) is 107 Å². The number of aryl methyl sites for hydroxylation is 1. The summed E-state index contributed by atoms with van der Waals surface area (Å²) in [6, 6.07) is 30.5. The van der Waals surface area contributed by atoms with E-state index in [4.69, 9.17) is 8.22 Å². The largest absolute Gasteiger partial charge is 0.311 e. The Kier molecular flexibility index (Phi) is 6.94. The third kappa shape index (κ3) is 6.58. The van der Waals surface area contributed by atoms with Crippen molar-refractivity contribution in [1.82, 2.24) is 0 Å². The second kappa shape index (κ2) is 14.2. The Hall–Kier alpha value is -5.80. The van der Waals surface area contributed by atoms with E-state index in [0.29, 0.717) is 28.1 Å². The molecule has 0 aromatic heterocycles. The van der Waals surface area contributed by atoms with Gasteiger partial charge in [0.25, 0.3) is 6.71 Å². The lowest BCUT2D eigenvalue weighted by atomic mass is 9.33. The molecule has 0 unspecified atom stereocenters. The zero-order chi connectivity index (χ0) is 51.1. The van der Waals surface area contributed by atoms with Gasteiger partial charge in [0.15, 0.2) is 0 Å². The van der Waals surface area contributed by atoms with Crippen LogP contribution in [0.1, 0.15) is 122 Å². The molecule has 9 rings (SSSR count). The summed E-state index contributed by atoms with van der Waals surface area (Å²) in [5.74, 6) is 0. The summed E-state index contributed by atoms with van der Waals surface area (Å²) in [6.07, 6.45) is 0. The predicted molar refractivity (Wildman–Crippen MR) is 260 cm³/mol. The van der Waals surface area contributed by atoms with Crippen molar-refractivity contribution in [2.45, 2.75) is 97.8 Å². The summed E-state index contributed by atoms with van der Waals surface area (Å²) in [4.78, 5) is 4.16. The Labute approximate surface area is 374 Å². The fourth-order valence-electron chi connectivity index (χ4n) is 8.97. The molecule has 7 aromatic carbocycles. The quantitative estimate of drug-likeness (QED) is 0.155. The van der Waals surface area contributed by atoms with Crippen LogP contribution in [0.5, 0.6) is 0 Å². The van der Waals surface area contributed by atoms with Gasteiger partial charge in [-0.05, 0) is 122 Å². The third-order valence-corrected chi connectivity index (χ3v) is 12.9. The fraction of sp³-hybridized carbons (Fsp3) is 0.263. The van der Waals surface area contributed by atoms with Gasteiger partial charge in [-0.3, -0.25) is 0 Å². The fourth-order valence-corrected chi connectivity index (χ4v) is 8.97. The Balaban J connectivity index is 1.38. The minimum absolute atomic E-state index is 0.0378. The maximum atomic E-state index is 10.2. The van der Waals surface area contributed by atoms with Crippen LogP contribution in [-0.4, -0.2) is 6.71 Å². The Morgan fingerprint density at radius 2 is 0.900 bits per heavy atom. The highest BCUT2D eigenvalue weighted by atomic mass is 15.2. The van der Waals surface area contributed by atoms with Crippen molar-refractivity contribution in [2.75, 3.05) is 9.80 Å². The molecule has 2 nitrogen and oxygen atoms in total. The molecule has 0 saturated carbocycles. The van der Waals surface area contributed by atoms with Gasteiger partial charge in [0.1, 0.15) is 0 Å². The van der Waals surface area contributed by atoms with Gasteiger partial charge in [0.2, 0.25) is 0 Å². The van der Waals surface area contributed by atoms with Crippen LogP contribution in [0, 0.1) is 6.92 Å². The highest BCUT2D eigenvalue weighted by molar-refractivity contribution is 7.00. The average molecular weight is 793 g/mol. The predicted octanol–water partition coefficient (Wildman–Crippen LogP) is 13.3. The Morgan fingerprint density at radius 3 is 1.48 bits per heavy atom. The molecule has 0 saturated heterocycles. The molecule has 7 aromatic rings. The smallest absolute Gasteiger partial charge is 0.252 e. The van der Waals surface area contributed by atoms with Crippen LogP contribution < -0.4 is 26.2 Å². The van der Waals surface area contributed by atoms with E-state index in [-0.39, 0.29) is 76.9 Å². The van der Waals surface area contributed by atoms with Crippen LogP contribution in [-0.2, 0) is 21.7 Å². The number of anilines is 6. The average Bonchev–Trinajstić information content (AvgIpc) is 3.27. The molecule has 0 fully saturated rings. The topological polar surface area (TPSA) is 6.48 Å². The van der Waals surface area contributed by atoms with Gasteiger partial charge in [0.05, 0.1) is 13.7 Å². The lowest BCUT2D eigenvalue weighted by Crippen LogP contribution is -2.61. The third-order valence-electron chi connectivity index (χ3n) is 12.9. The van der Waals surface area contributed by atoms with E-state index >= 15 is 0 Å². The molecule has 0 aliphatic carbocycles. The van der Waals surface area contributed by atoms with Crippen molar-refractivity contribution in [3.8, 4) is 0 Å². The van der Waals surface area contributed by atoms with Gasteiger partial charge in [-0.25, -0.2) is 0 Å². The minimum atomic E-state index is -1.03. The van der Waals surface area contributed by atoms with E-state index in [1.165, 1.54) is 17.7 Å². The standard InChI is InChI=1S/C57H59BN2/c1-38-34-51-53-52(35-38)60(46-30-24-42(25-31-46)56(8,9)40-18-14-12-15-19-40)50-33-27-44(57(10,11)41-20-16-13-17-21-41)37-48(50)58(53)47-36-43(55(5,6)7)26-32-49(47)59(51)45-28-22-39(23-29-45)54(2,3)4/h12-37H,1-11H3/i12D,13D,14D,15D,16D,17D,24D,30D,31D,33D. The number of hydrogen-bond donors (Lipinski definition) is 0. The van der Waals surface area contributed by atoms with Gasteiger partial charge in [0, 0.05) is 45.0 Å². The summed E-state index contributed by atoms with van der Waals surface area (Å²) in [5, 5.41) is 0. The number of hydrogen-bond acceptors (Lipinski definition) is 2. The second-order valence-electron chi connectivity index (χ2n) is 19.7. The van der Waals surface area contributed by atoms with Crippen molar-refractivity contribution in [3.05, 3.63) is 196 Å². The number of benzene rings is 7. The lowest BCUT2D eigenvalue weighted by Gasteiger charge is -2.45. The van der Waals surface area contributed by atoms with E-state index < -0.39 is 17.5 Å². The van der Waals surface area contributed by atoms with Crippen LogP contribution >= 0.6 is 0 Å². The van der Waals surface area contributed by atoms with Crippen molar-refractivity contribution in [3.63, 3.8) is 0 Å². The molecular formula is C57H59BN2. The molecule has 2 aliphatic rings. The molecule has 2 aliphatic heterocycles. The summed E-state index contributed by atoms with van der Waals surface area (Å²) in [6.45, 7) is 22.5. The maximum absolute atomic E-state index is 10.2. The van der Waals surface area contributed by atoms with Crippen LogP contribution in [0.15, 0.2) is 157 Å². The molecule has 60 heavy (non-hydrogen) atoms. The summed E-state index contributed by atoms with van der Waals surface area (Å²) in [7, 11) is 0. The van der Waals surface area contributed by atoms with Gasteiger partial charge < -0.3 is 9.80 Å². The summed E-state index contributed by atoms with van der Waals surface area (Å²) < 4.78 is 90.2. The van der Waals surface area contributed by atoms with E-state index in [0.717, 1.165) is 50.1 Å². The molecule has 0 amide bonds. The Bertz CT molecular complexity index is 3280. The minimum Gasteiger partial charge on any atom is -0.311 e. The second-order valence-corrected chi connectivity index (χ2v) is 19.7. The van der Waals surface area contributed by atoms with Crippen molar-refractivity contribution >= 4 is 57.2 Å². The van der Waals surface area contributed by atoms with Gasteiger partial charge in [-0.2, -0.15) is 0 Å².